The van der Waals surface area contributed by atoms with Crippen molar-refractivity contribution in [1.82, 2.24) is 0 Å². The number of anilines is 1. The summed E-state index contributed by atoms with van der Waals surface area (Å²) >= 11 is 0. The first-order chi connectivity index (χ1) is 9.19. The van der Waals surface area contributed by atoms with Crippen LogP contribution in [0.4, 0.5) is 5.69 Å². The van der Waals surface area contributed by atoms with Crippen molar-refractivity contribution in [1.29, 1.82) is 5.26 Å². The number of nitriles is 1. The van der Waals surface area contributed by atoms with Crippen molar-refractivity contribution in [2.24, 2.45) is 0 Å². The summed E-state index contributed by atoms with van der Waals surface area (Å²) in [6, 6.07) is 15.4. The third kappa shape index (κ3) is 3.49. The monoisotopic (exact) mass is 252 g/mol. The molecular weight excluding hydrogens is 236 g/mol. The third-order valence-corrected chi connectivity index (χ3v) is 2.90. The molecule has 0 amide bonds. The number of hydrogen-bond acceptors (Lipinski definition) is 3. The predicted octanol–water partition coefficient (Wildman–Crippen LogP) is 3.07. The highest BCUT2D eigenvalue weighted by molar-refractivity contribution is 5.53. The molecule has 2 rings (SSSR count). The molecule has 96 valence electrons. The van der Waals surface area contributed by atoms with Gasteiger partial charge >= 0.3 is 0 Å². The molecule has 0 spiro atoms. The first kappa shape index (κ1) is 13.0. The number of rotatable bonds is 4. The molecule has 0 aliphatic rings. The lowest BCUT2D eigenvalue weighted by atomic mass is 10.1. The van der Waals surface area contributed by atoms with Crippen molar-refractivity contribution >= 4 is 5.69 Å². The molecule has 3 heteroatoms. The lowest BCUT2D eigenvalue weighted by Gasteiger charge is -2.09. The molecule has 0 aliphatic carbocycles. The summed E-state index contributed by atoms with van der Waals surface area (Å²) in [4.78, 5) is 0. The summed E-state index contributed by atoms with van der Waals surface area (Å²) in [6.45, 7) is 2.58. The molecule has 0 aliphatic heterocycles. The number of nitrogens with two attached hydrogens (primary N) is 1. The van der Waals surface area contributed by atoms with Gasteiger partial charge in [0.25, 0.3) is 0 Å². The molecule has 0 unspecified atom stereocenters. The van der Waals surface area contributed by atoms with Crippen molar-refractivity contribution in [2.75, 3.05) is 12.3 Å². The minimum Gasteiger partial charge on any atom is -0.491 e. The fourth-order valence-electron chi connectivity index (χ4n) is 1.79. The van der Waals surface area contributed by atoms with E-state index >= 15 is 0 Å². The molecular formula is C16H16N2O. The zero-order valence-electron chi connectivity index (χ0n) is 10.9. The Morgan fingerprint density at radius 3 is 2.58 bits per heavy atom. The van der Waals surface area contributed by atoms with E-state index in [0.717, 1.165) is 23.3 Å². The van der Waals surface area contributed by atoms with Gasteiger partial charge in [0.05, 0.1) is 23.9 Å². The molecule has 0 fully saturated rings. The third-order valence-electron chi connectivity index (χ3n) is 2.90. The van der Waals surface area contributed by atoms with Gasteiger partial charge in [-0.3, -0.25) is 0 Å². The van der Waals surface area contributed by atoms with Crippen LogP contribution in [0.5, 0.6) is 5.75 Å². The average molecular weight is 252 g/mol. The van der Waals surface area contributed by atoms with Gasteiger partial charge < -0.3 is 10.5 Å². The molecule has 3 nitrogen and oxygen atoms in total. The Hall–Kier alpha value is -2.47. The van der Waals surface area contributed by atoms with E-state index in [4.69, 9.17) is 15.7 Å². The summed E-state index contributed by atoms with van der Waals surface area (Å²) in [5, 5.41) is 8.72. The highest BCUT2D eigenvalue weighted by atomic mass is 16.5. The molecule has 0 heterocycles. The molecule has 0 aromatic heterocycles. The van der Waals surface area contributed by atoms with Crippen molar-refractivity contribution in [2.45, 2.75) is 13.3 Å². The minimum absolute atomic E-state index is 0.569. The van der Waals surface area contributed by atoms with Gasteiger partial charge in [-0.25, -0.2) is 0 Å². The van der Waals surface area contributed by atoms with Crippen LogP contribution in [0.2, 0.25) is 0 Å². The molecule has 2 aromatic carbocycles. The second kappa shape index (κ2) is 5.92. The molecule has 0 saturated carbocycles. The zero-order valence-corrected chi connectivity index (χ0v) is 10.9. The first-order valence-corrected chi connectivity index (χ1v) is 6.17. The lowest BCUT2D eigenvalue weighted by molar-refractivity contribution is 0.323. The fraction of sp³-hybridized carbons (Fsp3) is 0.188. The van der Waals surface area contributed by atoms with Gasteiger partial charge in [-0.2, -0.15) is 5.26 Å². The van der Waals surface area contributed by atoms with E-state index in [-0.39, 0.29) is 0 Å². The number of nitrogen functional groups attached to an aromatic ring is 1. The van der Waals surface area contributed by atoms with E-state index in [1.54, 1.807) is 0 Å². The maximum absolute atomic E-state index is 8.72. The van der Waals surface area contributed by atoms with Gasteiger partial charge in [-0.15, -0.1) is 0 Å². The molecule has 2 N–H and O–H groups in total. The Bertz CT molecular complexity index is 597. The van der Waals surface area contributed by atoms with Crippen LogP contribution >= 0.6 is 0 Å². The molecule has 2 aromatic rings. The number of aryl methyl sites for hydroxylation is 1. The molecule has 0 bridgehead atoms. The molecule has 19 heavy (non-hydrogen) atoms. The fourth-order valence-corrected chi connectivity index (χ4v) is 1.79. The van der Waals surface area contributed by atoms with E-state index in [1.165, 1.54) is 0 Å². The summed E-state index contributed by atoms with van der Waals surface area (Å²) in [7, 11) is 0. The lowest BCUT2D eigenvalue weighted by Crippen LogP contribution is -2.03. The SMILES string of the molecule is Cc1ccc(N)c(OCCc2ccc(C#N)cc2)c1. The van der Waals surface area contributed by atoms with Gasteiger partial charge in [0, 0.05) is 6.42 Å². The number of nitrogens with zero attached hydrogens (tertiary/aromatic N) is 1. The van der Waals surface area contributed by atoms with Crippen LogP contribution in [0.3, 0.4) is 0 Å². The molecule has 0 radical (unpaired) electrons. The number of ether oxygens (including phenoxy) is 1. The van der Waals surface area contributed by atoms with Crippen LogP contribution in [0.1, 0.15) is 16.7 Å². The molecule has 0 atom stereocenters. The van der Waals surface area contributed by atoms with E-state index in [1.807, 2.05) is 49.4 Å². The summed E-state index contributed by atoms with van der Waals surface area (Å²) in [6.07, 6.45) is 0.791. The second-order valence-corrected chi connectivity index (χ2v) is 4.45. The number of benzene rings is 2. The highest BCUT2D eigenvalue weighted by Gasteiger charge is 2.01. The zero-order chi connectivity index (χ0) is 13.7. The largest absolute Gasteiger partial charge is 0.491 e. The van der Waals surface area contributed by atoms with Crippen LogP contribution in [0.25, 0.3) is 0 Å². The summed E-state index contributed by atoms with van der Waals surface area (Å²) < 4.78 is 5.69. The van der Waals surface area contributed by atoms with E-state index < -0.39 is 0 Å². The Morgan fingerprint density at radius 2 is 1.89 bits per heavy atom. The minimum atomic E-state index is 0.569. The maximum Gasteiger partial charge on any atom is 0.142 e. The highest BCUT2D eigenvalue weighted by Crippen LogP contribution is 2.22. The van der Waals surface area contributed by atoms with Crippen LogP contribution < -0.4 is 10.5 Å². The predicted molar refractivity (Wildman–Crippen MR) is 75.9 cm³/mol. The summed E-state index contributed by atoms with van der Waals surface area (Å²) in [5.41, 5.74) is 9.45. The van der Waals surface area contributed by atoms with Crippen LogP contribution in [-0.4, -0.2) is 6.61 Å². The van der Waals surface area contributed by atoms with E-state index in [0.29, 0.717) is 17.9 Å². The van der Waals surface area contributed by atoms with E-state index in [2.05, 4.69) is 6.07 Å². The van der Waals surface area contributed by atoms with Crippen molar-refractivity contribution in [3.8, 4) is 11.8 Å². The Labute approximate surface area is 113 Å². The van der Waals surface area contributed by atoms with Crippen LogP contribution in [0.15, 0.2) is 42.5 Å². The Balaban J connectivity index is 1.92. The normalized spacial score (nSPS) is 9.89. The second-order valence-electron chi connectivity index (χ2n) is 4.45. The van der Waals surface area contributed by atoms with Crippen molar-refractivity contribution < 1.29 is 4.74 Å². The van der Waals surface area contributed by atoms with Crippen molar-refractivity contribution in [3.63, 3.8) is 0 Å². The molecule has 0 saturated heterocycles. The van der Waals surface area contributed by atoms with Gasteiger partial charge in [-0.1, -0.05) is 18.2 Å². The topological polar surface area (TPSA) is 59.0 Å². The van der Waals surface area contributed by atoms with Gasteiger partial charge in [0.15, 0.2) is 0 Å². The van der Waals surface area contributed by atoms with Gasteiger partial charge in [-0.05, 0) is 42.3 Å². The Morgan fingerprint density at radius 1 is 1.16 bits per heavy atom. The van der Waals surface area contributed by atoms with E-state index in [9.17, 15) is 0 Å². The standard InChI is InChI=1S/C16H16N2O/c1-12-2-7-15(18)16(10-12)19-9-8-13-3-5-14(11-17)6-4-13/h2-7,10H,8-9,18H2,1H3. The van der Waals surface area contributed by atoms with Gasteiger partial charge in [0.1, 0.15) is 5.75 Å². The number of hydrogen-bond donors (Lipinski definition) is 1. The quantitative estimate of drug-likeness (QED) is 0.851. The smallest absolute Gasteiger partial charge is 0.142 e. The van der Waals surface area contributed by atoms with Crippen molar-refractivity contribution in [3.05, 3.63) is 59.2 Å². The summed E-state index contributed by atoms with van der Waals surface area (Å²) in [5.74, 6) is 0.730. The van der Waals surface area contributed by atoms with Gasteiger partial charge in [0.2, 0.25) is 0 Å². The Kier molecular flexibility index (Phi) is 4.04. The van der Waals surface area contributed by atoms with Crippen LogP contribution in [-0.2, 0) is 6.42 Å². The maximum atomic E-state index is 8.72. The average Bonchev–Trinajstić information content (AvgIpc) is 2.43. The first-order valence-electron chi connectivity index (χ1n) is 6.17. The van der Waals surface area contributed by atoms with Crippen LogP contribution in [0, 0.1) is 18.3 Å².